The first kappa shape index (κ1) is 21.8. The summed E-state index contributed by atoms with van der Waals surface area (Å²) < 4.78 is 10.6. The summed E-state index contributed by atoms with van der Waals surface area (Å²) in [4.78, 5) is 28.7. The zero-order valence-electron chi connectivity index (χ0n) is 17.4. The number of carbonyl (C=O) groups is 2. The molecule has 1 aliphatic heterocycles. The number of hydrogen-bond acceptors (Lipinski definition) is 5. The number of carbonyl (C=O) groups excluding carboxylic acids is 2. The molecule has 0 bridgehead atoms. The number of hydrogen-bond donors (Lipinski definition) is 1. The average Bonchev–Trinajstić information content (AvgIpc) is 2.78. The van der Waals surface area contributed by atoms with Crippen LogP contribution in [0.5, 0.6) is 11.5 Å². The van der Waals surface area contributed by atoms with Crippen molar-refractivity contribution in [2.75, 3.05) is 50.6 Å². The normalized spacial score (nSPS) is 13.7. The van der Waals surface area contributed by atoms with Crippen LogP contribution in [-0.4, -0.2) is 57.1 Å². The van der Waals surface area contributed by atoms with E-state index in [-0.39, 0.29) is 11.8 Å². The Morgan fingerprint density at radius 2 is 1.67 bits per heavy atom. The zero-order valence-corrected chi connectivity index (χ0v) is 18.2. The molecule has 2 aromatic carbocycles. The van der Waals surface area contributed by atoms with Gasteiger partial charge in [0.05, 0.1) is 24.9 Å². The SMILES string of the molecule is CCC(=O)N1CCN(c2ccc(NC(=O)c3c(OC)cccc3OC)cc2Cl)CC1. The monoisotopic (exact) mass is 431 g/mol. The Morgan fingerprint density at radius 1 is 1.03 bits per heavy atom. The Morgan fingerprint density at radius 3 is 2.20 bits per heavy atom. The van der Waals surface area contributed by atoms with Crippen molar-refractivity contribution in [3.05, 3.63) is 47.0 Å². The summed E-state index contributed by atoms with van der Waals surface area (Å²) in [7, 11) is 3.01. The van der Waals surface area contributed by atoms with Gasteiger partial charge in [0.2, 0.25) is 5.91 Å². The Kier molecular flexibility index (Phi) is 7.05. The highest BCUT2D eigenvalue weighted by atomic mass is 35.5. The molecule has 0 spiro atoms. The predicted molar refractivity (Wildman–Crippen MR) is 118 cm³/mol. The molecule has 1 N–H and O–H groups in total. The van der Waals surface area contributed by atoms with Crippen molar-refractivity contribution >= 4 is 34.8 Å². The van der Waals surface area contributed by atoms with Gasteiger partial charge in [0, 0.05) is 38.3 Å². The Balaban J connectivity index is 1.72. The van der Waals surface area contributed by atoms with Crippen LogP contribution in [0.25, 0.3) is 0 Å². The standard InChI is InChI=1S/C22H26ClN3O4/c1-4-20(27)26-12-10-25(11-13-26)17-9-8-15(14-16(17)23)24-22(28)21-18(29-2)6-5-7-19(21)30-3/h5-9,14H,4,10-13H2,1-3H3,(H,24,28). The molecule has 1 fully saturated rings. The van der Waals surface area contributed by atoms with E-state index >= 15 is 0 Å². The van der Waals surface area contributed by atoms with Crippen LogP contribution in [0.15, 0.2) is 36.4 Å². The second-order valence-electron chi connectivity index (χ2n) is 6.88. The van der Waals surface area contributed by atoms with Gasteiger partial charge < -0.3 is 24.6 Å². The summed E-state index contributed by atoms with van der Waals surface area (Å²) in [5, 5.41) is 3.39. The first-order valence-electron chi connectivity index (χ1n) is 9.83. The molecule has 0 atom stereocenters. The fourth-order valence-electron chi connectivity index (χ4n) is 3.53. The van der Waals surface area contributed by atoms with Crippen LogP contribution in [0.2, 0.25) is 5.02 Å². The van der Waals surface area contributed by atoms with Crippen LogP contribution in [0.3, 0.4) is 0 Å². The molecule has 8 heteroatoms. The lowest BCUT2D eigenvalue weighted by atomic mass is 10.1. The number of benzene rings is 2. The van der Waals surface area contributed by atoms with Crippen molar-refractivity contribution in [2.45, 2.75) is 13.3 Å². The highest BCUT2D eigenvalue weighted by Crippen LogP contribution is 2.32. The average molecular weight is 432 g/mol. The summed E-state index contributed by atoms with van der Waals surface area (Å²) in [5.41, 5.74) is 1.77. The second-order valence-corrected chi connectivity index (χ2v) is 7.29. The van der Waals surface area contributed by atoms with Gasteiger partial charge in [-0.3, -0.25) is 9.59 Å². The molecule has 0 aliphatic carbocycles. The zero-order chi connectivity index (χ0) is 21.7. The number of amides is 2. The van der Waals surface area contributed by atoms with Gasteiger partial charge in [-0.25, -0.2) is 0 Å². The van der Waals surface area contributed by atoms with Crippen molar-refractivity contribution < 1.29 is 19.1 Å². The molecule has 30 heavy (non-hydrogen) atoms. The molecule has 2 amide bonds. The van der Waals surface area contributed by atoms with Crippen molar-refractivity contribution in [3.8, 4) is 11.5 Å². The van der Waals surface area contributed by atoms with Crippen LogP contribution < -0.4 is 19.7 Å². The van der Waals surface area contributed by atoms with Gasteiger partial charge in [0.1, 0.15) is 17.1 Å². The molecule has 0 saturated carbocycles. The molecule has 1 aliphatic rings. The maximum Gasteiger partial charge on any atom is 0.263 e. The molecule has 1 heterocycles. The van der Waals surface area contributed by atoms with Crippen molar-refractivity contribution in [1.82, 2.24) is 4.90 Å². The van der Waals surface area contributed by atoms with E-state index in [1.165, 1.54) is 14.2 Å². The lowest BCUT2D eigenvalue weighted by Gasteiger charge is -2.36. The van der Waals surface area contributed by atoms with E-state index < -0.39 is 0 Å². The van der Waals surface area contributed by atoms with Crippen LogP contribution in [0.1, 0.15) is 23.7 Å². The quantitative estimate of drug-likeness (QED) is 0.755. The van der Waals surface area contributed by atoms with E-state index in [9.17, 15) is 9.59 Å². The van der Waals surface area contributed by atoms with Crippen LogP contribution in [0.4, 0.5) is 11.4 Å². The third-order valence-electron chi connectivity index (χ3n) is 5.14. The number of halogens is 1. The third kappa shape index (κ3) is 4.62. The van der Waals surface area contributed by atoms with E-state index in [0.29, 0.717) is 47.3 Å². The van der Waals surface area contributed by atoms with Gasteiger partial charge in [-0.05, 0) is 30.3 Å². The van der Waals surface area contributed by atoms with Gasteiger partial charge in [0.15, 0.2) is 0 Å². The van der Waals surface area contributed by atoms with Crippen LogP contribution >= 0.6 is 11.6 Å². The number of methoxy groups -OCH3 is 2. The van der Waals surface area contributed by atoms with Gasteiger partial charge in [-0.1, -0.05) is 24.6 Å². The molecule has 160 valence electrons. The Labute approximate surface area is 181 Å². The largest absolute Gasteiger partial charge is 0.496 e. The van der Waals surface area contributed by atoms with Gasteiger partial charge in [-0.15, -0.1) is 0 Å². The summed E-state index contributed by atoms with van der Waals surface area (Å²) in [6.45, 7) is 4.66. The first-order chi connectivity index (χ1) is 14.5. The Hall–Kier alpha value is -2.93. The number of anilines is 2. The fraction of sp³-hybridized carbons (Fsp3) is 0.364. The van der Waals surface area contributed by atoms with Crippen molar-refractivity contribution in [3.63, 3.8) is 0 Å². The minimum Gasteiger partial charge on any atom is -0.496 e. The number of ether oxygens (including phenoxy) is 2. The maximum absolute atomic E-state index is 12.8. The van der Waals surface area contributed by atoms with Gasteiger partial charge >= 0.3 is 0 Å². The molecular weight excluding hydrogens is 406 g/mol. The lowest BCUT2D eigenvalue weighted by Crippen LogP contribution is -2.48. The van der Waals surface area contributed by atoms with E-state index in [1.54, 1.807) is 24.3 Å². The van der Waals surface area contributed by atoms with Crippen LogP contribution in [-0.2, 0) is 4.79 Å². The highest BCUT2D eigenvalue weighted by molar-refractivity contribution is 6.33. The fourth-order valence-corrected chi connectivity index (χ4v) is 3.83. The predicted octanol–water partition coefficient (Wildman–Crippen LogP) is 3.67. The molecule has 3 rings (SSSR count). The summed E-state index contributed by atoms with van der Waals surface area (Å²) in [5.74, 6) is 0.675. The number of rotatable bonds is 6. The van der Waals surface area contributed by atoms with Crippen molar-refractivity contribution in [2.24, 2.45) is 0 Å². The van der Waals surface area contributed by atoms with E-state index in [1.807, 2.05) is 24.0 Å². The third-order valence-corrected chi connectivity index (χ3v) is 5.44. The number of nitrogens with zero attached hydrogens (tertiary/aromatic N) is 2. The highest BCUT2D eigenvalue weighted by Gasteiger charge is 2.22. The topological polar surface area (TPSA) is 71.1 Å². The van der Waals surface area contributed by atoms with Crippen LogP contribution in [0, 0.1) is 0 Å². The molecule has 0 radical (unpaired) electrons. The molecule has 1 saturated heterocycles. The molecular formula is C22H26ClN3O4. The minimum absolute atomic E-state index is 0.172. The minimum atomic E-state index is -0.347. The van der Waals surface area contributed by atoms with E-state index in [4.69, 9.17) is 21.1 Å². The summed E-state index contributed by atoms with van der Waals surface area (Å²) in [6.07, 6.45) is 0.520. The summed E-state index contributed by atoms with van der Waals surface area (Å²) >= 11 is 6.51. The molecule has 0 unspecified atom stereocenters. The van der Waals surface area contributed by atoms with E-state index in [0.717, 1.165) is 18.8 Å². The first-order valence-corrected chi connectivity index (χ1v) is 10.2. The lowest BCUT2D eigenvalue weighted by molar-refractivity contribution is -0.131. The van der Waals surface area contributed by atoms with Gasteiger partial charge in [0.25, 0.3) is 5.91 Å². The molecule has 7 nitrogen and oxygen atoms in total. The van der Waals surface area contributed by atoms with Gasteiger partial charge in [-0.2, -0.15) is 0 Å². The summed E-state index contributed by atoms with van der Waals surface area (Å²) in [6, 6.07) is 10.6. The molecule has 2 aromatic rings. The maximum atomic E-state index is 12.8. The number of piperazine rings is 1. The second kappa shape index (κ2) is 9.71. The molecule has 0 aromatic heterocycles. The van der Waals surface area contributed by atoms with E-state index in [2.05, 4.69) is 10.2 Å². The smallest absolute Gasteiger partial charge is 0.263 e. The van der Waals surface area contributed by atoms with Crippen molar-refractivity contribution in [1.29, 1.82) is 0 Å². The number of nitrogens with one attached hydrogen (secondary N) is 1. The Bertz CT molecular complexity index is 904.